The fraction of sp³-hybridized carbons (Fsp3) is 0.746. The lowest BCUT2D eigenvalue weighted by atomic mass is 10.0. The molecular weight excluding hydrogens is 901 g/mol. The quantitative estimate of drug-likeness (QED) is 0.0261. The highest BCUT2D eigenvalue weighted by Gasteiger charge is 2.19. The van der Waals surface area contributed by atoms with Crippen LogP contribution in [0.15, 0.2) is 85.1 Å². The second kappa shape index (κ2) is 61.1. The highest BCUT2D eigenvalue weighted by Crippen LogP contribution is 2.17. The molecule has 0 heterocycles. The van der Waals surface area contributed by atoms with E-state index in [4.69, 9.17) is 14.2 Å². The summed E-state index contributed by atoms with van der Waals surface area (Å²) >= 11 is 0. The van der Waals surface area contributed by atoms with Crippen LogP contribution in [0, 0.1) is 0 Å². The van der Waals surface area contributed by atoms with Crippen molar-refractivity contribution in [2.45, 2.75) is 309 Å². The Kier molecular flexibility index (Phi) is 58.3. The van der Waals surface area contributed by atoms with Crippen LogP contribution >= 0.6 is 0 Å². The van der Waals surface area contributed by atoms with Crippen molar-refractivity contribution in [1.29, 1.82) is 0 Å². The van der Waals surface area contributed by atoms with Gasteiger partial charge in [-0.15, -0.1) is 0 Å². The van der Waals surface area contributed by atoms with Crippen molar-refractivity contribution in [2.75, 3.05) is 13.2 Å². The van der Waals surface area contributed by atoms with Gasteiger partial charge in [0.25, 0.3) is 0 Å². The lowest BCUT2D eigenvalue weighted by Crippen LogP contribution is -2.30. The monoisotopic (exact) mass is 1020 g/mol. The molecule has 0 bridgehead atoms. The molecule has 420 valence electrons. The number of ether oxygens (including phenoxy) is 3. The number of esters is 3. The third kappa shape index (κ3) is 59.3. The Balaban J connectivity index is 4.19. The number of rotatable bonds is 56. The summed E-state index contributed by atoms with van der Waals surface area (Å²) in [5, 5.41) is 0. The Labute approximate surface area is 452 Å². The van der Waals surface area contributed by atoms with Crippen LogP contribution in [0.5, 0.6) is 0 Å². The highest BCUT2D eigenvalue weighted by molar-refractivity contribution is 5.71. The molecular formula is C67H116O6. The van der Waals surface area contributed by atoms with Gasteiger partial charge in [0.1, 0.15) is 13.2 Å². The van der Waals surface area contributed by atoms with E-state index in [2.05, 4.69) is 106 Å². The van der Waals surface area contributed by atoms with Gasteiger partial charge in [0.05, 0.1) is 0 Å². The average molecular weight is 1020 g/mol. The minimum absolute atomic E-state index is 0.0843. The van der Waals surface area contributed by atoms with E-state index >= 15 is 0 Å². The number of carbonyl (C=O) groups excluding carboxylic acids is 3. The van der Waals surface area contributed by atoms with Crippen LogP contribution in [0.3, 0.4) is 0 Å². The maximum atomic E-state index is 12.8. The highest BCUT2D eigenvalue weighted by atomic mass is 16.6. The summed E-state index contributed by atoms with van der Waals surface area (Å²) in [5.41, 5.74) is 0. The second-order valence-electron chi connectivity index (χ2n) is 20.6. The van der Waals surface area contributed by atoms with Crippen LogP contribution in [0.4, 0.5) is 0 Å². The standard InChI is InChI=1S/C67H116O6/c1-4-7-10-13-16-19-22-25-26-27-28-29-30-31-32-33-34-35-36-37-38-39-40-43-45-48-51-54-57-60-66(69)72-63-64(73-67(70)61-58-55-52-49-46-42-24-21-18-15-12-9-6-3)62-71-65(68)59-56-53-50-47-44-41-23-20-17-14-11-8-5-2/h7,9-10,12,16,18-19,21,25-26,28-29,42,46,64H,4-6,8,11,13-15,17,20,22-24,27,30-41,43-45,47-63H2,1-3H3/b10-7-,12-9-,19-16-,21-18-,26-25-,29-28-,46-42-. The van der Waals surface area contributed by atoms with E-state index < -0.39 is 6.10 Å². The zero-order chi connectivity index (χ0) is 52.9. The molecule has 0 fully saturated rings. The van der Waals surface area contributed by atoms with E-state index in [1.807, 2.05) is 0 Å². The van der Waals surface area contributed by atoms with Crippen molar-refractivity contribution < 1.29 is 28.6 Å². The SMILES string of the molecule is CC/C=C\C/C=C\C/C=C\C/C=C\CCCCCCCCCCCCCCCCCCC(=O)OCC(COC(=O)CCCCCCCCCCCCCCC)OC(=O)CCCCC/C=C\C/C=C\C/C=C\CC. The van der Waals surface area contributed by atoms with Gasteiger partial charge in [-0.25, -0.2) is 0 Å². The normalized spacial score (nSPS) is 12.6. The fourth-order valence-corrected chi connectivity index (χ4v) is 8.80. The molecule has 0 aromatic heterocycles. The van der Waals surface area contributed by atoms with Gasteiger partial charge in [-0.2, -0.15) is 0 Å². The topological polar surface area (TPSA) is 78.9 Å². The molecule has 0 aromatic rings. The van der Waals surface area contributed by atoms with Crippen LogP contribution in [0.1, 0.15) is 303 Å². The molecule has 6 nitrogen and oxygen atoms in total. The molecule has 0 radical (unpaired) electrons. The number of allylic oxidation sites excluding steroid dienone is 14. The molecule has 0 aromatic carbocycles. The van der Waals surface area contributed by atoms with Crippen molar-refractivity contribution >= 4 is 17.9 Å². The number of hydrogen-bond donors (Lipinski definition) is 0. The molecule has 0 amide bonds. The summed E-state index contributed by atoms with van der Waals surface area (Å²) < 4.78 is 16.9. The van der Waals surface area contributed by atoms with Gasteiger partial charge in [-0.3, -0.25) is 14.4 Å². The molecule has 0 aliphatic rings. The molecule has 0 saturated carbocycles. The van der Waals surface area contributed by atoms with Gasteiger partial charge in [-0.05, 0) is 89.9 Å². The Morgan fingerprint density at radius 3 is 0.849 bits per heavy atom. The summed E-state index contributed by atoms with van der Waals surface area (Å²) in [7, 11) is 0. The van der Waals surface area contributed by atoms with E-state index in [0.717, 1.165) is 109 Å². The first kappa shape index (κ1) is 69.6. The first-order valence-electron chi connectivity index (χ1n) is 31.1. The minimum atomic E-state index is -0.789. The van der Waals surface area contributed by atoms with E-state index in [1.165, 1.54) is 154 Å². The summed E-state index contributed by atoms with van der Waals surface area (Å²) in [6, 6.07) is 0. The van der Waals surface area contributed by atoms with Crippen LogP contribution in [0.25, 0.3) is 0 Å². The van der Waals surface area contributed by atoms with Crippen molar-refractivity contribution in [3.63, 3.8) is 0 Å². The number of carbonyl (C=O) groups is 3. The summed E-state index contributed by atoms with van der Waals surface area (Å²) in [6.07, 6.45) is 80.3. The maximum absolute atomic E-state index is 12.8. The second-order valence-corrected chi connectivity index (χ2v) is 20.6. The molecule has 0 saturated heterocycles. The van der Waals surface area contributed by atoms with Gasteiger partial charge in [0.2, 0.25) is 0 Å². The lowest BCUT2D eigenvalue weighted by Gasteiger charge is -2.18. The predicted octanol–water partition coefficient (Wildman–Crippen LogP) is 21.1. The third-order valence-electron chi connectivity index (χ3n) is 13.4. The molecule has 6 heteroatoms. The molecule has 0 aliphatic heterocycles. The van der Waals surface area contributed by atoms with Crippen molar-refractivity contribution in [2.24, 2.45) is 0 Å². The molecule has 73 heavy (non-hydrogen) atoms. The number of unbranched alkanes of at least 4 members (excludes halogenated alkanes) is 31. The van der Waals surface area contributed by atoms with Gasteiger partial charge in [0.15, 0.2) is 6.10 Å². The zero-order valence-corrected chi connectivity index (χ0v) is 48.1. The Bertz CT molecular complexity index is 1400. The van der Waals surface area contributed by atoms with Gasteiger partial charge in [0, 0.05) is 19.3 Å². The van der Waals surface area contributed by atoms with Crippen molar-refractivity contribution in [3.05, 3.63) is 85.1 Å². The fourth-order valence-electron chi connectivity index (χ4n) is 8.80. The zero-order valence-electron chi connectivity index (χ0n) is 48.1. The van der Waals surface area contributed by atoms with Gasteiger partial charge in [-0.1, -0.05) is 279 Å². The van der Waals surface area contributed by atoms with Gasteiger partial charge >= 0.3 is 17.9 Å². The smallest absolute Gasteiger partial charge is 0.306 e. The molecule has 1 atom stereocenters. The van der Waals surface area contributed by atoms with E-state index in [0.29, 0.717) is 19.3 Å². The molecule has 1 unspecified atom stereocenters. The Morgan fingerprint density at radius 2 is 0.534 bits per heavy atom. The summed E-state index contributed by atoms with van der Waals surface area (Å²) in [4.78, 5) is 38.2. The van der Waals surface area contributed by atoms with Crippen molar-refractivity contribution in [1.82, 2.24) is 0 Å². The Hall–Kier alpha value is -3.41. The lowest BCUT2D eigenvalue weighted by molar-refractivity contribution is -0.167. The molecule has 0 rings (SSSR count). The van der Waals surface area contributed by atoms with Crippen LogP contribution in [-0.2, 0) is 28.6 Å². The van der Waals surface area contributed by atoms with E-state index in [9.17, 15) is 14.4 Å². The molecule has 0 spiro atoms. The number of hydrogen-bond acceptors (Lipinski definition) is 6. The first-order valence-corrected chi connectivity index (χ1v) is 31.1. The summed E-state index contributed by atoms with van der Waals surface area (Å²) in [6.45, 7) is 6.41. The predicted molar refractivity (Wildman–Crippen MR) is 316 cm³/mol. The van der Waals surface area contributed by atoms with Crippen LogP contribution in [0.2, 0.25) is 0 Å². The first-order chi connectivity index (χ1) is 36.0. The maximum Gasteiger partial charge on any atom is 0.306 e. The third-order valence-corrected chi connectivity index (χ3v) is 13.4. The van der Waals surface area contributed by atoms with Crippen LogP contribution in [-0.4, -0.2) is 37.2 Å². The van der Waals surface area contributed by atoms with E-state index in [1.54, 1.807) is 0 Å². The van der Waals surface area contributed by atoms with Crippen molar-refractivity contribution in [3.8, 4) is 0 Å². The molecule has 0 N–H and O–H groups in total. The molecule has 0 aliphatic carbocycles. The minimum Gasteiger partial charge on any atom is -0.462 e. The average Bonchev–Trinajstić information content (AvgIpc) is 3.39. The van der Waals surface area contributed by atoms with Crippen LogP contribution < -0.4 is 0 Å². The largest absolute Gasteiger partial charge is 0.462 e. The van der Waals surface area contributed by atoms with Gasteiger partial charge < -0.3 is 14.2 Å². The summed E-state index contributed by atoms with van der Waals surface area (Å²) in [5.74, 6) is -0.903. The van der Waals surface area contributed by atoms with E-state index in [-0.39, 0.29) is 31.1 Å². The Morgan fingerprint density at radius 1 is 0.288 bits per heavy atom.